The first-order valence-electron chi connectivity index (χ1n) is 12.4. The molecule has 3 aromatic carbocycles. The molecule has 7 heteroatoms. The smallest absolute Gasteiger partial charge is 0.308 e. The van der Waals surface area contributed by atoms with Crippen LogP contribution in [0.3, 0.4) is 0 Å². The molecule has 4 aromatic rings. The molecule has 2 amide bonds. The van der Waals surface area contributed by atoms with Crippen molar-refractivity contribution in [3.63, 3.8) is 0 Å². The molecule has 1 N–H and O–H groups in total. The number of hydrogen-bond donors (Lipinski definition) is 1. The van der Waals surface area contributed by atoms with Gasteiger partial charge in [-0.25, -0.2) is 9.78 Å². The SMILES string of the molecule is CCCc1ccccc1NC(=O)N(C(C)c1ccccc1)C1CCn2c1nc1cccc(Cl)c1c2=O. The molecule has 0 saturated carbocycles. The van der Waals surface area contributed by atoms with Crippen molar-refractivity contribution in [3.05, 3.63) is 105 Å². The molecule has 2 atom stereocenters. The Kier molecular flexibility index (Phi) is 6.79. The van der Waals surface area contributed by atoms with Crippen LogP contribution in [0.1, 0.15) is 55.7 Å². The fourth-order valence-corrected chi connectivity index (χ4v) is 5.39. The number of amides is 2. The Labute approximate surface area is 215 Å². The van der Waals surface area contributed by atoms with Crippen LogP contribution in [0.25, 0.3) is 10.9 Å². The van der Waals surface area contributed by atoms with E-state index in [1.165, 1.54) is 0 Å². The van der Waals surface area contributed by atoms with E-state index in [2.05, 4.69) is 12.2 Å². The van der Waals surface area contributed by atoms with Crippen molar-refractivity contribution in [1.29, 1.82) is 0 Å². The van der Waals surface area contributed by atoms with Gasteiger partial charge in [-0.2, -0.15) is 0 Å². The Morgan fingerprint density at radius 3 is 2.64 bits per heavy atom. The van der Waals surface area contributed by atoms with E-state index in [4.69, 9.17) is 16.6 Å². The first-order valence-corrected chi connectivity index (χ1v) is 12.8. The van der Waals surface area contributed by atoms with Gasteiger partial charge < -0.3 is 10.2 Å². The van der Waals surface area contributed by atoms with Gasteiger partial charge in [-0.1, -0.05) is 79.5 Å². The highest BCUT2D eigenvalue weighted by Gasteiger charge is 2.37. The second-order valence-corrected chi connectivity index (χ2v) is 9.60. The maximum atomic E-state index is 14.0. The van der Waals surface area contributed by atoms with E-state index in [1.54, 1.807) is 22.8 Å². The lowest BCUT2D eigenvalue weighted by molar-refractivity contribution is 0.159. The van der Waals surface area contributed by atoms with Crippen LogP contribution in [-0.2, 0) is 13.0 Å². The van der Waals surface area contributed by atoms with Crippen LogP contribution in [0.5, 0.6) is 0 Å². The molecule has 36 heavy (non-hydrogen) atoms. The third kappa shape index (κ3) is 4.37. The van der Waals surface area contributed by atoms with Crippen molar-refractivity contribution in [2.75, 3.05) is 5.32 Å². The van der Waals surface area contributed by atoms with Gasteiger partial charge in [-0.15, -0.1) is 0 Å². The van der Waals surface area contributed by atoms with Crippen molar-refractivity contribution in [2.24, 2.45) is 0 Å². The summed E-state index contributed by atoms with van der Waals surface area (Å²) in [6.07, 6.45) is 2.45. The number of fused-ring (bicyclic) bond motifs is 2. The second-order valence-electron chi connectivity index (χ2n) is 9.20. The van der Waals surface area contributed by atoms with Crippen LogP contribution < -0.4 is 10.9 Å². The Hall–Kier alpha value is -3.64. The monoisotopic (exact) mass is 500 g/mol. The van der Waals surface area contributed by atoms with E-state index >= 15 is 0 Å². The van der Waals surface area contributed by atoms with E-state index in [0.29, 0.717) is 34.7 Å². The predicted molar refractivity (Wildman–Crippen MR) is 145 cm³/mol. The Bertz CT molecular complexity index is 1470. The molecule has 0 aliphatic carbocycles. The largest absolute Gasteiger partial charge is 0.322 e. The molecule has 5 rings (SSSR count). The summed E-state index contributed by atoms with van der Waals surface area (Å²) in [6, 6.07) is 22.3. The molecule has 0 saturated heterocycles. The summed E-state index contributed by atoms with van der Waals surface area (Å²) in [5, 5.41) is 3.98. The van der Waals surface area contributed by atoms with Crippen LogP contribution in [0, 0.1) is 0 Å². The molecule has 0 radical (unpaired) electrons. The number of benzene rings is 3. The van der Waals surface area contributed by atoms with E-state index in [9.17, 15) is 9.59 Å². The third-order valence-electron chi connectivity index (χ3n) is 6.93. The molecule has 2 heterocycles. The average Bonchev–Trinajstić information content (AvgIpc) is 3.30. The molecule has 1 aliphatic heterocycles. The quantitative estimate of drug-likeness (QED) is 0.318. The number of hydrogen-bond acceptors (Lipinski definition) is 3. The third-order valence-corrected chi connectivity index (χ3v) is 7.25. The number of rotatable bonds is 6. The van der Waals surface area contributed by atoms with Crippen molar-refractivity contribution in [3.8, 4) is 0 Å². The summed E-state index contributed by atoms with van der Waals surface area (Å²) in [5.41, 5.74) is 3.31. The van der Waals surface area contributed by atoms with Crippen LogP contribution in [0.15, 0.2) is 77.6 Å². The number of anilines is 1. The molecule has 1 aliphatic rings. The van der Waals surface area contributed by atoms with Gasteiger partial charge in [-0.3, -0.25) is 9.36 Å². The van der Waals surface area contributed by atoms with Crippen LogP contribution in [-0.4, -0.2) is 20.5 Å². The molecule has 6 nitrogen and oxygen atoms in total. The van der Waals surface area contributed by atoms with Gasteiger partial charge in [0.1, 0.15) is 5.82 Å². The highest BCUT2D eigenvalue weighted by atomic mass is 35.5. The maximum absolute atomic E-state index is 14.0. The van der Waals surface area contributed by atoms with Crippen molar-refractivity contribution in [2.45, 2.75) is 51.7 Å². The van der Waals surface area contributed by atoms with Gasteiger partial charge in [0.05, 0.1) is 28.0 Å². The summed E-state index contributed by atoms with van der Waals surface area (Å²) in [7, 11) is 0. The molecule has 2 unspecified atom stereocenters. The summed E-state index contributed by atoms with van der Waals surface area (Å²) < 4.78 is 1.67. The number of carbonyl (C=O) groups excluding carboxylic acids is 1. The fourth-order valence-electron chi connectivity index (χ4n) is 5.14. The Balaban J connectivity index is 1.59. The first kappa shape index (κ1) is 24.1. The van der Waals surface area contributed by atoms with E-state index in [0.717, 1.165) is 29.7 Å². The van der Waals surface area contributed by atoms with Gasteiger partial charge in [0.15, 0.2) is 0 Å². The van der Waals surface area contributed by atoms with E-state index in [1.807, 2.05) is 66.4 Å². The minimum Gasteiger partial charge on any atom is -0.308 e. The van der Waals surface area contributed by atoms with Gasteiger partial charge in [0.2, 0.25) is 0 Å². The van der Waals surface area contributed by atoms with Crippen LogP contribution >= 0.6 is 11.6 Å². The zero-order valence-electron chi connectivity index (χ0n) is 20.4. The number of urea groups is 1. The van der Waals surface area contributed by atoms with E-state index in [-0.39, 0.29) is 23.7 Å². The lowest BCUT2D eigenvalue weighted by Gasteiger charge is -2.34. The average molecular weight is 501 g/mol. The molecular weight excluding hydrogens is 472 g/mol. The molecule has 1 aromatic heterocycles. The molecular formula is C29H29ClN4O2. The zero-order valence-corrected chi connectivity index (χ0v) is 21.2. The van der Waals surface area contributed by atoms with Gasteiger partial charge in [0.25, 0.3) is 5.56 Å². The minimum atomic E-state index is -0.366. The zero-order chi connectivity index (χ0) is 25.2. The maximum Gasteiger partial charge on any atom is 0.322 e. The summed E-state index contributed by atoms with van der Waals surface area (Å²) >= 11 is 6.35. The first-order chi connectivity index (χ1) is 17.5. The molecule has 0 bridgehead atoms. The highest BCUT2D eigenvalue weighted by molar-refractivity contribution is 6.35. The van der Waals surface area contributed by atoms with Gasteiger partial charge in [0, 0.05) is 12.2 Å². The lowest BCUT2D eigenvalue weighted by Crippen LogP contribution is -2.40. The van der Waals surface area contributed by atoms with Crippen LogP contribution in [0.2, 0.25) is 5.02 Å². The standard InChI is InChI=1S/C29H29ClN4O2/c1-3-10-21-13-7-8-15-23(21)32-29(36)34(19(2)20-11-5-4-6-12-20)25-17-18-33-27(25)31-24-16-9-14-22(30)26(24)28(33)35/h4-9,11-16,19,25H,3,10,17-18H2,1-2H3,(H,32,36). The highest BCUT2D eigenvalue weighted by Crippen LogP contribution is 2.37. The number of nitrogens with one attached hydrogen (secondary N) is 1. The molecule has 0 spiro atoms. The van der Waals surface area contributed by atoms with Crippen molar-refractivity contribution in [1.82, 2.24) is 14.5 Å². The summed E-state index contributed by atoms with van der Waals surface area (Å²) in [6.45, 7) is 4.62. The summed E-state index contributed by atoms with van der Waals surface area (Å²) in [4.78, 5) is 34.0. The van der Waals surface area contributed by atoms with E-state index < -0.39 is 0 Å². The number of aryl methyl sites for hydroxylation is 1. The van der Waals surface area contributed by atoms with Crippen molar-refractivity contribution >= 4 is 34.2 Å². The molecule has 0 fully saturated rings. The minimum absolute atomic E-state index is 0.163. The lowest BCUT2D eigenvalue weighted by atomic mass is 10.0. The fraction of sp³-hybridized carbons (Fsp3) is 0.276. The summed E-state index contributed by atoms with van der Waals surface area (Å²) in [5.74, 6) is 0.592. The van der Waals surface area contributed by atoms with Crippen molar-refractivity contribution < 1.29 is 4.79 Å². The van der Waals surface area contributed by atoms with Gasteiger partial charge in [-0.05, 0) is 49.1 Å². The predicted octanol–water partition coefficient (Wildman–Crippen LogP) is 6.74. The topological polar surface area (TPSA) is 67.2 Å². The number of halogens is 1. The number of para-hydroxylation sites is 1. The Morgan fingerprint density at radius 2 is 1.86 bits per heavy atom. The second kappa shape index (κ2) is 10.2. The number of aromatic nitrogens is 2. The Morgan fingerprint density at radius 1 is 1.11 bits per heavy atom. The van der Waals surface area contributed by atoms with Crippen LogP contribution in [0.4, 0.5) is 10.5 Å². The number of carbonyl (C=O) groups is 1. The molecule has 184 valence electrons. The number of nitrogens with zero attached hydrogens (tertiary/aromatic N) is 3. The van der Waals surface area contributed by atoms with Gasteiger partial charge >= 0.3 is 6.03 Å². The normalized spacial score (nSPS) is 15.5.